The van der Waals surface area contributed by atoms with E-state index in [1.165, 1.54) is 0 Å². The van der Waals surface area contributed by atoms with Crippen molar-refractivity contribution in [2.45, 2.75) is 19.4 Å². The minimum absolute atomic E-state index is 0.0101. The summed E-state index contributed by atoms with van der Waals surface area (Å²) in [6.45, 7) is 2.05. The molecule has 0 saturated carbocycles. The molecule has 0 bridgehead atoms. The van der Waals surface area contributed by atoms with Crippen LogP contribution in [0.3, 0.4) is 0 Å². The lowest BCUT2D eigenvalue weighted by atomic mass is 9.96. The Balaban J connectivity index is 1.32. The molecule has 1 amide bonds. The number of anilines is 1. The molecule has 4 rings (SSSR count). The van der Waals surface area contributed by atoms with Crippen molar-refractivity contribution in [3.05, 3.63) is 60.9 Å². The first kappa shape index (κ1) is 18.9. The van der Waals surface area contributed by atoms with Crippen LogP contribution in [0.2, 0.25) is 0 Å². The van der Waals surface area contributed by atoms with Crippen molar-refractivity contribution < 1.29 is 9.53 Å². The summed E-state index contributed by atoms with van der Waals surface area (Å²) in [5, 5.41) is 3.05. The van der Waals surface area contributed by atoms with Gasteiger partial charge in [0.15, 0.2) is 0 Å². The highest BCUT2D eigenvalue weighted by Gasteiger charge is 2.25. The third-order valence-corrected chi connectivity index (χ3v) is 5.24. The van der Waals surface area contributed by atoms with E-state index in [0.29, 0.717) is 6.54 Å². The van der Waals surface area contributed by atoms with Crippen LogP contribution in [-0.2, 0) is 11.3 Å². The van der Waals surface area contributed by atoms with Crippen LogP contribution in [0.15, 0.2) is 55.4 Å². The van der Waals surface area contributed by atoms with Crippen LogP contribution in [0, 0.1) is 5.92 Å². The average molecular weight is 392 g/mol. The van der Waals surface area contributed by atoms with Gasteiger partial charge in [-0.2, -0.15) is 0 Å². The topological polar surface area (TPSA) is 85.2 Å². The molecule has 1 N–H and O–H groups in total. The van der Waals surface area contributed by atoms with E-state index in [9.17, 15) is 4.79 Å². The fourth-order valence-electron chi connectivity index (χ4n) is 3.59. The summed E-state index contributed by atoms with van der Waals surface area (Å²) in [7, 11) is 1.64. The quantitative estimate of drug-likeness (QED) is 0.692. The summed E-state index contributed by atoms with van der Waals surface area (Å²) in [5.41, 5.74) is 0.980. The Hall–Kier alpha value is -3.42. The predicted molar refractivity (Wildman–Crippen MR) is 109 cm³/mol. The van der Waals surface area contributed by atoms with Crippen LogP contribution >= 0.6 is 0 Å². The summed E-state index contributed by atoms with van der Waals surface area (Å²) in [6.07, 6.45) is 8.44. The molecule has 150 valence electrons. The Labute approximate surface area is 169 Å². The number of ether oxygens (including phenoxy) is 1. The second-order valence-electron chi connectivity index (χ2n) is 7.00. The van der Waals surface area contributed by atoms with Crippen LogP contribution < -0.4 is 15.0 Å². The molecule has 0 spiro atoms. The lowest BCUT2D eigenvalue weighted by Gasteiger charge is -2.32. The molecular formula is C21H24N6O2. The number of imidazole rings is 1. The molecule has 2 aromatic heterocycles. The number of carbonyl (C=O) groups is 1. The second-order valence-corrected chi connectivity index (χ2v) is 7.00. The third kappa shape index (κ3) is 4.37. The first-order chi connectivity index (χ1) is 14.2. The lowest BCUT2D eigenvalue weighted by Crippen LogP contribution is -2.40. The largest absolute Gasteiger partial charge is 0.496 e. The number of methoxy groups -OCH3 is 1. The van der Waals surface area contributed by atoms with E-state index in [1.807, 2.05) is 41.1 Å². The highest BCUT2D eigenvalue weighted by atomic mass is 16.5. The van der Waals surface area contributed by atoms with Crippen molar-refractivity contribution in [2.24, 2.45) is 5.92 Å². The van der Waals surface area contributed by atoms with Crippen LogP contribution in [0.1, 0.15) is 18.4 Å². The summed E-state index contributed by atoms with van der Waals surface area (Å²) < 4.78 is 7.20. The number of benzene rings is 1. The molecule has 0 radical (unpaired) electrons. The zero-order valence-electron chi connectivity index (χ0n) is 16.4. The number of piperidine rings is 1. The second kappa shape index (κ2) is 8.72. The molecule has 1 saturated heterocycles. The van der Waals surface area contributed by atoms with Gasteiger partial charge in [-0.15, -0.1) is 0 Å². The Morgan fingerprint density at radius 1 is 1.21 bits per heavy atom. The molecule has 29 heavy (non-hydrogen) atoms. The maximum atomic E-state index is 12.6. The van der Waals surface area contributed by atoms with Crippen molar-refractivity contribution in [1.82, 2.24) is 24.8 Å². The fourth-order valence-corrected chi connectivity index (χ4v) is 3.59. The van der Waals surface area contributed by atoms with Gasteiger partial charge in [0.05, 0.1) is 7.11 Å². The van der Waals surface area contributed by atoms with Crippen LogP contribution in [-0.4, -0.2) is 45.6 Å². The predicted octanol–water partition coefficient (Wildman–Crippen LogP) is 2.20. The number of hydrogen-bond acceptors (Lipinski definition) is 6. The van der Waals surface area contributed by atoms with Gasteiger partial charge in [-0.1, -0.05) is 18.2 Å². The number of para-hydroxylation sites is 1. The number of amides is 1. The Morgan fingerprint density at radius 2 is 2.00 bits per heavy atom. The number of aromatic nitrogens is 4. The van der Waals surface area contributed by atoms with E-state index < -0.39 is 0 Å². The van der Waals surface area contributed by atoms with E-state index in [2.05, 4.69) is 25.2 Å². The summed E-state index contributed by atoms with van der Waals surface area (Å²) in [5.74, 6) is 2.55. The molecular weight excluding hydrogens is 368 g/mol. The molecule has 8 heteroatoms. The zero-order valence-corrected chi connectivity index (χ0v) is 16.4. The van der Waals surface area contributed by atoms with Crippen molar-refractivity contribution in [2.75, 3.05) is 25.1 Å². The van der Waals surface area contributed by atoms with Gasteiger partial charge < -0.3 is 15.0 Å². The minimum atomic E-state index is 0.0101. The van der Waals surface area contributed by atoms with E-state index in [4.69, 9.17) is 4.74 Å². The molecule has 3 heterocycles. The highest BCUT2D eigenvalue weighted by molar-refractivity contribution is 5.79. The number of carbonyl (C=O) groups excluding carboxylic acids is 1. The maximum absolute atomic E-state index is 12.6. The highest BCUT2D eigenvalue weighted by Crippen LogP contribution is 2.23. The average Bonchev–Trinajstić information content (AvgIpc) is 3.33. The van der Waals surface area contributed by atoms with Crippen molar-refractivity contribution in [3.63, 3.8) is 0 Å². The molecule has 1 aliphatic rings. The van der Waals surface area contributed by atoms with Gasteiger partial charge >= 0.3 is 0 Å². The maximum Gasteiger partial charge on any atom is 0.223 e. The Kier molecular flexibility index (Phi) is 5.69. The molecule has 0 unspecified atom stereocenters. The molecule has 1 aliphatic heterocycles. The Bertz CT molecular complexity index is 951. The summed E-state index contributed by atoms with van der Waals surface area (Å²) in [6, 6.07) is 9.69. The third-order valence-electron chi connectivity index (χ3n) is 5.24. The fraction of sp³-hybridized carbons (Fsp3) is 0.333. The minimum Gasteiger partial charge on any atom is -0.496 e. The molecule has 1 aromatic carbocycles. The number of nitrogens with one attached hydrogen (secondary N) is 1. The molecule has 3 aromatic rings. The van der Waals surface area contributed by atoms with Gasteiger partial charge in [0.25, 0.3) is 0 Å². The molecule has 0 aliphatic carbocycles. The summed E-state index contributed by atoms with van der Waals surface area (Å²) in [4.78, 5) is 27.6. The SMILES string of the molecule is COc1ccccc1CNC(=O)C1CCN(c2cc(-n3ccnc3)ncn2)CC1. The molecule has 1 fully saturated rings. The van der Waals surface area contributed by atoms with E-state index >= 15 is 0 Å². The van der Waals surface area contributed by atoms with Crippen LogP contribution in [0.4, 0.5) is 5.82 Å². The van der Waals surface area contributed by atoms with Crippen molar-refractivity contribution in [3.8, 4) is 11.6 Å². The van der Waals surface area contributed by atoms with Gasteiger partial charge in [-0.05, 0) is 18.9 Å². The normalized spacial score (nSPS) is 14.6. The van der Waals surface area contributed by atoms with Gasteiger partial charge in [0.1, 0.15) is 30.0 Å². The van der Waals surface area contributed by atoms with Crippen LogP contribution in [0.5, 0.6) is 5.75 Å². The Morgan fingerprint density at radius 3 is 2.76 bits per heavy atom. The monoisotopic (exact) mass is 392 g/mol. The van der Waals surface area contributed by atoms with Gasteiger partial charge in [0.2, 0.25) is 5.91 Å². The number of hydrogen-bond donors (Lipinski definition) is 1. The number of nitrogens with zero attached hydrogens (tertiary/aromatic N) is 5. The molecule has 8 nitrogen and oxygen atoms in total. The summed E-state index contributed by atoms with van der Waals surface area (Å²) >= 11 is 0. The van der Waals surface area contributed by atoms with Gasteiger partial charge in [-0.25, -0.2) is 15.0 Å². The smallest absolute Gasteiger partial charge is 0.223 e. The lowest BCUT2D eigenvalue weighted by molar-refractivity contribution is -0.125. The van der Waals surface area contributed by atoms with E-state index in [0.717, 1.165) is 48.9 Å². The standard InChI is InChI=1S/C21H24N6O2/c1-29-18-5-3-2-4-17(18)13-23-21(28)16-6-9-26(10-7-16)19-12-20(25-14-24-19)27-11-8-22-15-27/h2-5,8,11-12,14-16H,6-7,9-10,13H2,1H3,(H,23,28). The van der Waals surface area contributed by atoms with Gasteiger partial charge in [-0.3, -0.25) is 9.36 Å². The first-order valence-electron chi connectivity index (χ1n) is 9.69. The molecule has 0 atom stereocenters. The number of rotatable bonds is 6. The zero-order chi connectivity index (χ0) is 20.1. The van der Waals surface area contributed by atoms with Gasteiger partial charge in [0, 0.05) is 49.6 Å². The van der Waals surface area contributed by atoms with E-state index in [1.54, 1.807) is 26.0 Å². The first-order valence-corrected chi connectivity index (χ1v) is 9.69. The van der Waals surface area contributed by atoms with Crippen molar-refractivity contribution in [1.29, 1.82) is 0 Å². The van der Waals surface area contributed by atoms with Crippen molar-refractivity contribution >= 4 is 11.7 Å². The van der Waals surface area contributed by atoms with E-state index in [-0.39, 0.29) is 11.8 Å². The van der Waals surface area contributed by atoms with Crippen LogP contribution in [0.25, 0.3) is 5.82 Å².